The Kier molecular flexibility index (Phi) is 6.89. The summed E-state index contributed by atoms with van der Waals surface area (Å²) in [5.41, 5.74) is 6.46. The molecule has 5 rings (SSSR count). The minimum Gasteiger partial charge on any atom is -0.326 e. The van der Waals surface area contributed by atoms with Crippen LogP contribution in [0.1, 0.15) is 35.4 Å². The predicted octanol–water partition coefficient (Wildman–Crippen LogP) is 6.21. The van der Waals surface area contributed by atoms with E-state index < -0.39 is 0 Å². The van der Waals surface area contributed by atoms with E-state index in [0.29, 0.717) is 0 Å². The number of carbonyl (C=O) groups is 1. The summed E-state index contributed by atoms with van der Waals surface area (Å²) in [6.45, 7) is 7.24. The highest BCUT2D eigenvalue weighted by atomic mass is 35.5. The number of aryl methyl sites for hydroxylation is 2. The third-order valence-electron chi connectivity index (χ3n) is 6.88. The molecule has 0 bridgehead atoms. The van der Waals surface area contributed by atoms with E-state index in [1.165, 1.54) is 5.56 Å². The van der Waals surface area contributed by atoms with E-state index in [9.17, 15) is 4.79 Å². The van der Waals surface area contributed by atoms with Crippen LogP contribution in [0.2, 0.25) is 5.02 Å². The SMILES string of the molecule is Cc1ccc(C)c(NC(=O)[C@H]2CCCN(Cc3nc4ccccc4n3Cc3ccc(Cl)cc3)C2)c1. The lowest BCUT2D eigenvalue weighted by Gasteiger charge is -2.32. The highest BCUT2D eigenvalue weighted by Crippen LogP contribution is 2.25. The number of para-hydroxylation sites is 2. The van der Waals surface area contributed by atoms with E-state index in [4.69, 9.17) is 16.6 Å². The van der Waals surface area contributed by atoms with Crippen LogP contribution in [0.15, 0.2) is 66.7 Å². The van der Waals surface area contributed by atoms with Gasteiger partial charge >= 0.3 is 0 Å². The number of rotatable bonds is 6. The van der Waals surface area contributed by atoms with Gasteiger partial charge in [-0.15, -0.1) is 0 Å². The molecule has 2 heterocycles. The van der Waals surface area contributed by atoms with Crippen molar-refractivity contribution in [3.63, 3.8) is 0 Å². The van der Waals surface area contributed by atoms with Crippen molar-refractivity contribution in [2.75, 3.05) is 18.4 Å². The first-order chi connectivity index (χ1) is 17.0. The van der Waals surface area contributed by atoms with Crippen molar-refractivity contribution >= 4 is 34.2 Å². The fourth-order valence-corrected chi connectivity index (χ4v) is 5.04. The highest BCUT2D eigenvalue weighted by molar-refractivity contribution is 6.30. The van der Waals surface area contributed by atoms with Crippen molar-refractivity contribution in [3.8, 4) is 0 Å². The number of likely N-dealkylation sites (tertiary alicyclic amines) is 1. The summed E-state index contributed by atoms with van der Waals surface area (Å²) >= 11 is 6.10. The van der Waals surface area contributed by atoms with Gasteiger partial charge in [-0.2, -0.15) is 0 Å². The number of nitrogens with zero attached hydrogens (tertiary/aromatic N) is 3. The molecule has 0 spiro atoms. The van der Waals surface area contributed by atoms with E-state index in [-0.39, 0.29) is 11.8 Å². The molecule has 0 radical (unpaired) electrons. The van der Waals surface area contributed by atoms with Gasteiger partial charge in [-0.1, -0.05) is 48.0 Å². The summed E-state index contributed by atoms with van der Waals surface area (Å²) in [7, 11) is 0. The molecule has 1 saturated heterocycles. The van der Waals surface area contributed by atoms with Crippen LogP contribution in [0.3, 0.4) is 0 Å². The van der Waals surface area contributed by atoms with Gasteiger partial charge < -0.3 is 9.88 Å². The Morgan fingerprint density at radius 2 is 1.86 bits per heavy atom. The van der Waals surface area contributed by atoms with Gasteiger partial charge in [0.05, 0.1) is 23.5 Å². The number of hydrogen-bond donors (Lipinski definition) is 1. The van der Waals surface area contributed by atoms with Crippen molar-refractivity contribution in [2.45, 2.75) is 39.8 Å². The molecular formula is C29H31ClN4O. The van der Waals surface area contributed by atoms with Crippen molar-refractivity contribution in [3.05, 3.63) is 94.3 Å². The zero-order chi connectivity index (χ0) is 24.4. The Balaban J connectivity index is 1.33. The maximum atomic E-state index is 13.1. The van der Waals surface area contributed by atoms with Gasteiger partial charge in [0.15, 0.2) is 0 Å². The number of hydrogen-bond acceptors (Lipinski definition) is 3. The Morgan fingerprint density at radius 3 is 2.69 bits per heavy atom. The molecule has 3 aromatic carbocycles. The molecule has 35 heavy (non-hydrogen) atoms. The minimum atomic E-state index is -0.0299. The number of aromatic nitrogens is 2. The smallest absolute Gasteiger partial charge is 0.228 e. The Bertz CT molecular complexity index is 1340. The lowest BCUT2D eigenvalue weighted by atomic mass is 9.96. The molecular weight excluding hydrogens is 456 g/mol. The van der Waals surface area contributed by atoms with Gasteiger partial charge in [-0.3, -0.25) is 9.69 Å². The van der Waals surface area contributed by atoms with Crippen molar-refractivity contribution in [1.29, 1.82) is 0 Å². The number of nitrogens with one attached hydrogen (secondary N) is 1. The molecule has 1 fully saturated rings. The number of carbonyl (C=O) groups excluding carboxylic acids is 1. The highest BCUT2D eigenvalue weighted by Gasteiger charge is 2.27. The van der Waals surface area contributed by atoms with Gasteiger partial charge in [-0.25, -0.2) is 4.98 Å². The van der Waals surface area contributed by atoms with Crippen LogP contribution in [-0.2, 0) is 17.9 Å². The molecule has 180 valence electrons. The summed E-state index contributed by atoms with van der Waals surface area (Å²) in [4.78, 5) is 20.5. The third kappa shape index (κ3) is 5.42. The monoisotopic (exact) mass is 486 g/mol. The first-order valence-electron chi connectivity index (χ1n) is 12.3. The quantitative estimate of drug-likeness (QED) is 0.352. The van der Waals surface area contributed by atoms with Crippen LogP contribution < -0.4 is 5.32 Å². The van der Waals surface area contributed by atoms with E-state index in [1.54, 1.807) is 0 Å². The number of fused-ring (bicyclic) bond motifs is 1. The molecule has 1 aliphatic rings. The van der Waals surface area contributed by atoms with Crippen LogP contribution >= 0.6 is 11.6 Å². The van der Waals surface area contributed by atoms with Gasteiger partial charge in [0.2, 0.25) is 5.91 Å². The molecule has 1 N–H and O–H groups in total. The van der Waals surface area contributed by atoms with Crippen LogP contribution in [0.4, 0.5) is 5.69 Å². The molecule has 1 amide bonds. The van der Waals surface area contributed by atoms with E-state index in [0.717, 1.165) is 77.7 Å². The van der Waals surface area contributed by atoms with Gasteiger partial charge in [-0.05, 0) is 80.3 Å². The standard InChI is InChI=1S/C29H31ClN4O/c1-20-9-10-21(2)26(16-20)32-29(35)23-6-5-15-33(18-23)19-28-31-25-7-3-4-8-27(25)34(28)17-22-11-13-24(30)14-12-22/h3-4,7-14,16,23H,5-6,15,17-19H2,1-2H3,(H,32,35)/t23-/m0/s1. The molecule has 5 nitrogen and oxygen atoms in total. The van der Waals surface area contributed by atoms with E-state index in [2.05, 4.69) is 57.2 Å². The van der Waals surface area contributed by atoms with Crippen molar-refractivity contribution in [1.82, 2.24) is 14.5 Å². The van der Waals surface area contributed by atoms with Crippen LogP contribution in [0, 0.1) is 19.8 Å². The number of anilines is 1. The maximum absolute atomic E-state index is 13.1. The molecule has 1 aromatic heterocycles. The Labute approximate surface area is 211 Å². The van der Waals surface area contributed by atoms with Crippen molar-refractivity contribution in [2.24, 2.45) is 5.92 Å². The summed E-state index contributed by atoms with van der Waals surface area (Å²) in [6, 6.07) is 22.4. The minimum absolute atomic E-state index is 0.0299. The number of piperidine rings is 1. The molecule has 6 heteroatoms. The molecule has 1 aliphatic heterocycles. The zero-order valence-electron chi connectivity index (χ0n) is 20.3. The van der Waals surface area contributed by atoms with Crippen LogP contribution in [0.5, 0.6) is 0 Å². The van der Waals surface area contributed by atoms with E-state index in [1.807, 2.05) is 38.1 Å². The number of amides is 1. The first kappa shape index (κ1) is 23.6. The average molecular weight is 487 g/mol. The lowest BCUT2D eigenvalue weighted by Crippen LogP contribution is -2.40. The molecule has 0 aliphatic carbocycles. The second-order valence-corrected chi connectivity index (χ2v) is 10.0. The first-order valence-corrected chi connectivity index (χ1v) is 12.6. The molecule has 0 unspecified atom stereocenters. The lowest BCUT2D eigenvalue weighted by molar-refractivity contribution is -0.121. The number of halogens is 1. The summed E-state index contributed by atoms with van der Waals surface area (Å²) in [5.74, 6) is 1.10. The molecule has 1 atom stereocenters. The number of imidazole rings is 1. The van der Waals surface area contributed by atoms with Gasteiger partial charge in [0.25, 0.3) is 0 Å². The molecule has 0 saturated carbocycles. The Hall–Kier alpha value is -3.15. The fraction of sp³-hybridized carbons (Fsp3) is 0.310. The second-order valence-electron chi connectivity index (χ2n) is 9.61. The molecule has 4 aromatic rings. The summed E-state index contributed by atoms with van der Waals surface area (Å²) < 4.78 is 2.29. The predicted molar refractivity (Wildman–Crippen MR) is 143 cm³/mol. The number of benzene rings is 3. The maximum Gasteiger partial charge on any atom is 0.228 e. The topological polar surface area (TPSA) is 50.2 Å². The third-order valence-corrected chi connectivity index (χ3v) is 7.13. The second kappa shape index (κ2) is 10.2. The van der Waals surface area contributed by atoms with Crippen LogP contribution in [0.25, 0.3) is 11.0 Å². The van der Waals surface area contributed by atoms with Crippen molar-refractivity contribution < 1.29 is 4.79 Å². The average Bonchev–Trinajstić information content (AvgIpc) is 3.19. The summed E-state index contributed by atoms with van der Waals surface area (Å²) in [6.07, 6.45) is 1.91. The normalized spacial score (nSPS) is 16.5. The Morgan fingerprint density at radius 1 is 1.06 bits per heavy atom. The van der Waals surface area contributed by atoms with E-state index >= 15 is 0 Å². The fourth-order valence-electron chi connectivity index (χ4n) is 4.91. The van der Waals surface area contributed by atoms with Gasteiger partial charge in [0, 0.05) is 23.8 Å². The van der Waals surface area contributed by atoms with Gasteiger partial charge in [0.1, 0.15) is 5.82 Å². The zero-order valence-corrected chi connectivity index (χ0v) is 21.1. The largest absolute Gasteiger partial charge is 0.326 e. The summed E-state index contributed by atoms with van der Waals surface area (Å²) in [5, 5.41) is 3.92. The van der Waals surface area contributed by atoms with Crippen LogP contribution in [-0.4, -0.2) is 33.4 Å².